The van der Waals surface area contributed by atoms with Crippen molar-refractivity contribution < 1.29 is 22.4 Å². The first-order valence-corrected chi connectivity index (χ1v) is 9.58. The van der Waals surface area contributed by atoms with E-state index in [4.69, 9.17) is 11.6 Å². The van der Waals surface area contributed by atoms with E-state index in [1.807, 2.05) is 0 Å². The van der Waals surface area contributed by atoms with E-state index in [-0.39, 0.29) is 17.9 Å². The lowest BCUT2D eigenvalue weighted by atomic mass is 10.1. The molecule has 32 heavy (non-hydrogen) atoms. The molecule has 4 aromatic rings. The zero-order valence-corrected chi connectivity index (χ0v) is 16.9. The smallest absolute Gasteiger partial charge is 0.348 e. The van der Waals surface area contributed by atoms with Crippen LogP contribution in [0.3, 0.4) is 0 Å². The molecule has 2 aromatic carbocycles. The highest BCUT2D eigenvalue weighted by Crippen LogP contribution is 2.34. The Morgan fingerprint density at radius 1 is 1.12 bits per heavy atom. The minimum Gasteiger partial charge on any atom is -0.348 e. The molecule has 0 spiro atoms. The van der Waals surface area contributed by atoms with Crippen molar-refractivity contribution in [2.75, 3.05) is 0 Å². The fourth-order valence-electron chi connectivity index (χ4n) is 3.11. The minimum atomic E-state index is -4.85. The number of carbonyl (C=O) groups is 1. The number of benzene rings is 2. The summed E-state index contributed by atoms with van der Waals surface area (Å²) in [7, 11) is 0. The summed E-state index contributed by atoms with van der Waals surface area (Å²) in [5.41, 5.74) is -1.15. The summed E-state index contributed by atoms with van der Waals surface area (Å²) in [6.07, 6.45) is 0.487. The lowest BCUT2D eigenvalue weighted by Gasteiger charge is -2.13. The van der Waals surface area contributed by atoms with Crippen LogP contribution in [-0.2, 0) is 12.7 Å². The van der Waals surface area contributed by atoms with E-state index in [2.05, 4.69) is 15.4 Å². The van der Waals surface area contributed by atoms with Gasteiger partial charge in [0.15, 0.2) is 5.69 Å². The zero-order valence-electron chi connectivity index (χ0n) is 16.1. The number of imidazole rings is 1. The standard InChI is InChI=1S/C21H14ClF4N5O/c22-14-2-4-15(5-3-14)31-19(21(24,25)26)16(11-29-31)20(32)28-10-13-1-6-18(17(23)9-13)30-8-7-27-12-30/h1-9,11-12H,10H2,(H,28,32). The van der Waals surface area contributed by atoms with Crippen molar-refractivity contribution in [2.45, 2.75) is 12.7 Å². The van der Waals surface area contributed by atoms with E-state index in [0.29, 0.717) is 15.3 Å². The molecule has 0 aliphatic carbocycles. The molecule has 2 heterocycles. The number of rotatable bonds is 5. The van der Waals surface area contributed by atoms with Gasteiger partial charge >= 0.3 is 6.18 Å². The molecule has 1 N–H and O–H groups in total. The number of aromatic nitrogens is 4. The quantitative estimate of drug-likeness (QED) is 0.432. The third-order valence-electron chi connectivity index (χ3n) is 4.60. The molecule has 0 atom stereocenters. The summed E-state index contributed by atoms with van der Waals surface area (Å²) in [5.74, 6) is -1.56. The van der Waals surface area contributed by atoms with Crippen LogP contribution in [0.5, 0.6) is 0 Å². The summed E-state index contributed by atoms with van der Waals surface area (Å²) in [6, 6.07) is 9.78. The maximum atomic E-state index is 14.4. The number of carbonyl (C=O) groups excluding carboxylic acids is 1. The Bertz CT molecular complexity index is 1250. The van der Waals surface area contributed by atoms with Gasteiger partial charge in [-0.15, -0.1) is 0 Å². The third kappa shape index (κ3) is 4.35. The summed E-state index contributed by atoms with van der Waals surface area (Å²) in [5, 5.41) is 6.47. The minimum absolute atomic E-state index is 0.0953. The Kier molecular flexibility index (Phi) is 5.70. The maximum absolute atomic E-state index is 14.4. The first-order valence-electron chi connectivity index (χ1n) is 9.20. The molecule has 0 fully saturated rings. The highest BCUT2D eigenvalue weighted by Gasteiger charge is 2.40. The molecule has 0 bridgehead atoms. The molecule has 1 amide bonds. The maximum Gasteiger partial charge on any atom is 0.434 e. The molecule has 0 saturated heterocycles. The highest BCUT2D eigenvalue weighted by molar-refractivity contribution is 6.30. The van der Waals surface area contributed by atoms with Crippen molar-refractivity contribution in [2.24, 2.45) is 0 Å². The van der Waals surface area contributed by atoms with Crippen LogP contribution in [0.2, 0.25) is 5.02 Å². The largest absolute Gasteiger partial charge is 0.434 e. The number of nitrogens with one attached hydrogen (secondary N) is 1. The van der Waals surface area contributed by atoms with Crippen molar-refractivity contribution in [3.8, 4) is 11.4 Å². The Morgan fingerprint density at radius 2 is 1.88 bits per heavy atom. The van der Waals surface area contributed by atoms with Crippen LogP contribution in [0, 0.1) is 5.82 Å². The van der Waals surface area contributed by atoms with Gasteiger partial charge in [-0.2, -0.15) is 18.3 Å². The van der Waals surface area contributed by atoms with Crippen LogP contribution in [0.4, 0.5) is 17.6 Å². The average Bonchev–Trinajstić information content (AvgIpc) is 3.42. The van der Waals surface area contributed by atoms with Crippen molar-refractivity contribution in [1.82, 2.24) is 24.6 Å². The van der Waals surface area contributed by atoms with Gasteiger partial charge < -0.3 is 9.88 Å². The van der Waals surface area contributed by atoms with Gasteiger partial charge in [-0.05, 0) is 42.0 Å². The number of halogens is 5. The molecule has 11 heteroatoms. The highest BCUT2D eigenvalue weighted by atomic mass is 35.5. The van der Waals surface area contributed by atoms with Crippen molar-refractivity contribution in [3.05, 3.63) is 95.0 Å². The molecule has 0 radical (unpaired) electrons. The molecular formula is C21H14ClF4N5O. The Labute approximate surface area is 184 Å². The molecule has 0 saturated carbocycles. The number of amides is 1. The molecule has 4 rings (SSSR count). The van der Waals surface area contributed by atoms with Gasteiger partial charge in [0.25, 0.3) is 5.91 Å². The van der Waals surface area contributed by atoms with E-state index in [1.165, 1.54) is 53.5 Å². The van der Waals surface area contributed by atoms with E-state index in [0.717, 1.165) is 6.20 Å². The van der Waals surface area contributed by atoms with E-state index in [1.54, 1.807) is 12.3 Å². The number of nitrogens with zero attached hydrogens (tertiary/aromatic N) is 4. The zero-order chi connectivity index (χ0) is 22.9. The van der Waals surface area contributed by atoms with Crippen LogP contribution in [-0.4, -0.2) is 25.2 Å². The van der Waals surface area contributed by atoms with Gasteiger partial charge in [0.2, 0.25) is 0 Å². The monoisotopic (exact) mass is 463 g/mol. The van der Waals surface area contributed by atoms with Gasteiger partial charge in [-0.3, -0.25) is 4.79 Å². The fourth-order valence-corrected chi connectivity index (χ4v) is 3.24. The van der Waals surface area contributed by atoms with Gasteiger partial charge in [0.1, 0.15) is 5.82 Å². The molecule has 0 unspecified atom stereocenters. The molecule has 0 aliphatic rings. The first-order chi connectivity index (χ1) is 15.2. The van der Waals surface area contributed by atoms with E-state index < -0.39 is 29.2 Å². The van der Waals surface area contributed by atoms with Crippen LogP contribution in [0.1, 0.15) is 21.6 Å². The number of alkyl halides is 3. The Morgan fingerprint density at radius 3 is 2.50 bits per heavy atom. The first kappa shape index (κ1) is 21.6. The lowest BCUT2D eigenvalue weighted by molar-refractivity contribution is -0.143. The van der Waals surface area contributed by atoms with Crippen LogP contribution < -0.4 is 5.32 Å². The molecule has 0 aliphatic heterocycles. The van der Waals surface area contributed by atoms with Gasteiger partial charge in [-0.25, -0.2) is 14.1 Å². The molecule has 164 valence electrons. The second-order valence-corrected chi connectivity index (χ2v) is 7.17. The van der Waals surface area contributed by atoms with E-state index >= 15 is 0 Å². The number of hydrogen-bond donors (Lipinski definition) is 1. The topological polar surface area (TPSA) is 64.7 Å². The summed E-state index contributed by atoms with van der Waals surface area (Å²) >= 11 is 5.79. The van der Waals surface area contributed by atoms with Gasteiger partial charge in [0.05, 0.1) is 29.5 Å². The Balaban J connectivity index is 1.56. The predicted octanol–water partition coefficient (Wildman–Crippen LogP) is 4.80. The summed E-state index contributed by atoms with van der Waals surface area (Å²) in [4.78, 5) is 16.4. The van der Waals surface area contributed by atoms with Gasteiger partial charge in [0, 0.05) is 24.0 Å². The second kappa shape index (κ2) is 8.46. The number of hydrogen-bond acceptors (Lipinski definition) is 3. The molecular weight excluding hydrogens is 450 g/mol. The third-order valence-corrected chi connectivity index (χ3v) is 4.85. The van der Waals surface area contributed by atoms with Crippen molar-refractivity contribution in [3.63, 3.8) is 0 Å². The van der Waals surface area contributed by atoms with Crippen LogP contribution in [0.15, 0.2) is 67.4 Å². The summed E-state index contributed by atoms with van der Waals surface area (Å²) in [6.45, 7) is -0.177. The Hall–Kier alpha value is -3.66. The van der Waals surface area contributed by atoms with Crippen molar-refractivity contribution in [1.29, 1.82) is 0 Å². The summed E-state index contributed by atoms with van der Waals surface area (Å²) < 4.78 is 57.7. The normalized spacial score (nSPS) is 11.5. The lowest BCUT2D eigenvalue weighted by Crippen LogP contribution is -2.26. The van der Waals surface area contributed by atoms with Crippen LogP contribution in [0.25, 0.3) is 11.4 Å². The van der Waals surface area contributed by atoms with Gasteiger partial charge in [-0.1, -0.05) is 17.7 Å². The SMILES string of the molecule is O=C(NCc1ccc(-n2ccnc2)c(F)c1)c1cnn(-c2ccc(Cl)cc2)c1C(F)(F)F. The van der Waals surface area contributed by atoms with Crippen LogP contribution >= 0.6 is 11.6 Å². The fraction of sp³-hybridized carbons (Fsp3) is 0.0952. The van der Waals surface area contributed by atoms with Crippen molar-refractivity contribution >= 4 is 17.5 Å². The average molecular weight is 464 g/mol. The predicted molar refractivity (Wildman–Crippen MR) is 108 cm³/mol. The molecule has 6 nitrogen and oxygen atoms in total. The molecule has 2 aromatic heterocycles. The van der Waals surface area contributed by atoms with E-state index in [9.17, 15) is 22.4 Å². The second-order valence-electron chi connectivity index (χ2n) is 6.73.